The number of nitrogens with one attached hydrogen (secondary N) is 1. The van der Waals surface area contributed by atoms with Gasteiger partial charge in [0.2, 0.25) is 0 Å². The van der Waals surface area contributed by atoms with E-state index < -0.39 is 0 Å². The maximum Gasteiger partial charge on any atom is 0.0792 e. The third-order valence-electron chi connectivity index (χ3n) is 3.18. The van der Waals surface area contributed by atoms with Crippen molar-refractivity contribution < 1.29 is 4.74 Å². The molecule has 0 aliphatic rings. The lowest BCUT2D eigenvalue weighted by molar-refractivity contribution is 0.00446. The smallest absolute Gasteiger partial charge is 0.0792 e. The lowest BCUT2D eigenvalue weighted by atomic mass is 9.91. The number of aryl methyl sites for hydroxylation is 1. The Morgan fingerprint density at radius 3 is 2.35 bits per heavy atom. The first-order chi connectivity index (χ1) is 8.11. The van der Waals surface area contributed by atoms with Crippen LogP contribution in [0.5, 0.6) is 0 Å². The minimum absolute atomic E-state index is 0.214. The summed E-state index contributed by atoms with van der Waals surface area (Å²) in [5.74, 6) is 0.493. The lowest BCUT2D eigenvalue weighted by Gasteiger charge is -2.31. The van der Waals surface area contributed by atoms with Crippen molar-refractivity contribution in [1.82, 2.24) is 5.32 Å². The second-order valence-electron chi connectivity index (χ2n) is 4.79. The molecular formula is C15H25NO. The van der Waals surface area contributed by atoms with Crippen molar-refractivity contribution >= 4 is 0 Å². The normalized spacial score (nSPS) is 14.9. The van der Waals surface area contributed by atoms with Crippen molar-refractivity contribution in [2.75, 3.05) is 13.7 Å². The van der Waals surface area contributed by atoms with Crippen LogP contribution in [0.3, 0.4) is 0 Å². The Labute approximate surface area is 105 Å². The predicted molar refractivity (Wildman–Crippen MR) is 73.2 cm³/mol. The van der Waals surface area contributed by atoms with Gasteiger partial charge in [-0.3, -0.25) is 0 Å². The third-order valence-corrected chi connectivity index (χ3v) is 3.18. The Morgan fingerprint density at radius 1 is 1.24 bits per heavy atom. The summed E-state index contributed by atoms with van der Waals surface area (Å²) in [5.41, 5.74) is 2.65. The van der Waals surface area contributed by atoms with Crippen molar-refractivity contribution in [3.63, 3.8) is 0 Å². The maximum atomic E-state index is 5.90. The van der Waals surface area contributed by atoms with Gasteiger partial charge in [-0.1, -0.05) is 38.1 Å². The summed E-state index contributed by atoms with van der Waals surface area (Å²) in [7, 11) is 2.01. The van der Waals surface area contributed by atoms with Crippen LogP contribution in [0.4, 0.5) is 0 Å². The van der Waals surface area contributed by atoms with E-state index >= 15 is 0 Å². The molecule has 96 valence electrons. The summed E-state index contributed by atoms with van der Waals surface area (Å²) in [6.45, 7) is 9.39. The van der Waals surface area contributed by atoms with Crippen molar-refractivity contribution in [3.05, 3.63) is 35.4 Å². The Hall–Kier alpha value is -0.860. The molecule has 2 unspecified atom stereocenters. The first-order valence-corrected chi connectivity index (χ1v) is 6.46. The van der Waals surface area contributed by atoms with Gasteiger partial charge in [0.25, 0.3) is 0 Å². The van der Waals surface area contributed by atoms with Crippen LogP contribution in [0.1, 0.15) is 37.9 Å². The highest BCUT2D eigenvalue weighted by Gasteiger charge is 2.25. The summed E-state index contributed by atoms with van der Waals surface area (Å²) < 4.78 is 5.90. The average molecular weight is 235 g/mol. The fourth-order valence-corrected chi connectivity index (χ4v) is 2.30. The standard InChI is InChI=1S/C15H25NO/c1-6-17-15(11(2)3)14(16-5)13-10-8-7-9-12(13)4/h7-11,14-16H,6H2,1-5H3. The molecule has 2 heteroatoms. The van der Waals surface area contributed by atoms with E-state index in [1.54, 1.807) is 0 Å². The first kappa shape index (κ1) is 14.2. The SMILES string of the molecule is CCOC(C(C)C)C(NC)c1ccccc1C. The molecule has 17 heavy (non-hydrogen) atoms. The molecule has 0 saturated heterocycles. The summed E-state index contributed by atoms with van der Waals surface area (Å²) in [4.78, 5) is 0. The molecule has 2 nitrogen and oxygen atoms in total. The van der Waals surface area contributed by atoms with E-state index in [9.17, 15) is 0 Å². The lowest BCUT2D eigenvalue weighted by Crippen LogP contribution is -2.36. The minimum atomic E-state index is 0.214. The number of benzene rings is 1. The van der Waals surface area contributed by atoms with E-state index in [0.29, 0.717) is 5.92 Å². The molecule has 2 atom stereocenters. The number of ether oxygens (including phenoxy) is 1. The number of likely N-dealkylation sites (N-methyl/N-ethyl adjacent to an activating group) is 1. The molecule has 0 bridgehead atoms. The highest BCUT2D eigenvalue weighted by atomic mass is 16.5. The van der Waals surface area contributed by atoms with Gasteiger partial charge < -0.3 is 10.1 Å². The second kappa shape index (κ2) is 6.77. The molecule has 1 rings (SSSR count). The van der Waals surface area contributed by atoms with Gasteiger partial charge in [-0.05, 0) is 37.9 Å². The zero-order valence-corrected chi connectivity index (χ0v) is 11.7. The first-order valence-electron chi connectivity index (χ1n) is 6.46. The molecule has 1 aromatic carbocycles. The average Bonchev–Trinajstić information content (AvgIpc) is 2.31. The summed E-state index contributed by atoms with van der Waals surface area (Å²) in [6, 6.07) is 8.77. The summed E-state index contributed by atoms with van der Waals surface area (Å²) >= 11 is 0. The molecular weight excluding hydrogens is 210 g/mol. The fourth-order valence-electron chi connectivity index (χ4n) is 2.30. The van der Waals surface area contributed by atoms with E-state index in [4.69, 9.17) is 4.74 Å². The molecule has 0 saturated carbocycles. The molecule has 0 amide bonds. The zero-order valence-electron chi connectivity index (χ0n) is 11.7. The molecule has 0 aliphatic carbocycles. The number of hydrogen-bond acceptors (Lipinski definition) is 2. The van der Waals surface area contributed by atoms with Crippen LogP contribution in [0.2, 0.25) is 0 Å². The maximum absolute atomic E-state index is 5.90. The molecule has 1 aromatic rings. The van der Waals surface area contributed by atoms with Crippen LogP contribution in [-0.2, 0) is 4.74 Å². The van der Waals surface area contributed by atoms with Crippen molar-refractivity contribution in [1.29, 1.82) is 0 Å². The molecule has 0 spiro atoms. The minimum Gasteiger partial charge on any atom is -0.376 e. The van der Waals surface area contributed by atoms with Crippen LogP contribution in [0.15, 0.2) is 24.3 Å². The number of rotatable bonds is 6. The van der Waals surface area contributed by atoms with E-state index in [2.05, 4.69) is 57.3 Å². The summed E-state index contributed by atoms with van der Waals surface area (Å²) in [6.07, 6.45) is 0.214. The Bertz CT molecular complexity index is 335. The van der Waals surface area contributed by atoms with Crippen LogP contribution < -0.4 is 5.32 Å². The summed E-state index contributed by atoms with van der Waals surface area (Å²) in [5, 5.41) is 3.40. The van der Waals surface area contributed by atoms with Crippen LogP contribution in [0, 0.1) is 12.8 Å². The fraction of sp³-hybridized carbons (Fsp3) is 0.600. The molecule has 0 heterocycles. The van der Waals surface area contributed by atoms with Crippen molar-refractivity contribution in [3.8, 4) is 0 Å². The predicted octanol–water partition coefficient (Wildman–Crippen LogP) is 3.32. The highest BCUT2D eigenvalue weighted by Crippen LogP contribution is 2.26. The highest BCUT2D eigenvalue weighted by molar-refractivity contribution is 5.29. The largest absolute Gasteiger partial charge is 0.376 e. The second-order valence-corrected chi connectivity index (χ2v) is 4.79. The van der Waals surface area contributed by atoms with Crippen LogP contribution >= 0.6 is 0 Å². The van der Waals surface area contributed by atoms with E-state index in [-0.39, 0.29) is 12.1 Å². The van der Waals surface area contributed by atoms with Gasteiger partial charge in [0.15, 0.2) is 0 Å². The van der Waals surface area contributed by atoms with Gasteiger partial charge in [-0.15, -0.1) is 0 Å². The Balaban J connectivity index is 3.00. The van der Waals surface area contributed by atoms with E-state index in [0.717, 1.165) is 6.61 Å². The Morgan fingerprint density at radius 2 is 1.88 bits per heavy atom. The van der Waals surface area contributed by atoms with Gasteiger partial charge >= 0.3 is 0 Å². The Kier molecular flexibility index (Phi) is 5.66. The van der Waals surface area contributed by atoms with E-state index in [1.807, 2.05) is 7.05 Å². The van der Waals surface area contributed by atoms with Gasteiger partial charge in [0.1, 0.15) is 0 Å². The van der Waals surface area contributed by atoms with E-state index in [1.165, 1.54) is 11.1 Å². The molecule has 1 N–H and O–H groups in total. The van der Waals surface area contributed by atoms with Gasteiger partial charge in [-0.2, -0.15) is 0 Å². The van der Waals surface area contributed by atoms with Gasteiger partial charge in [0, 0.05) is 6.61 Å². The van der Waals surface area contributed by atoms with Gasteiger partial charge in [0.05, 0.1) is 12.1 Å². The number of hydrogen-bond donors (Lipinski definition) is 1. The van der Waals surface area contributed by atoms with Crippen LogP contribution in [0.25, 0.3) is 0 Å². The van der Waals surface area contributed by atoms with Crippen molar-refractivity contribution in [2.24, 2.45) is 5.92 Å². The van der Waals surface area contributed by atoms with Gasteiger partial charge in [-0.25, -0.2) is 0 Å². The van der Waals surface area contributed by atoms with Crippen LogP contribution in [-0.4, -0.2) is 19.8 Å². The molecule has 0 aromatic heterocycles. The molecule has 0 fully saturated rings. The topological polar surface area (TPSA) is 21.3 Å². The quantitative estimate of drug-likeness (QED) is 0.816. The third kappa shape index (κ3) is 3.55. The molecule has 0 aliphatic heterocycles. The monoisotopic (exact) mass is 235 g/mol. The molecule has 0 radical (unpaired) electrons. The zero-order chi connectivity index (χ0) is 12.8. The van der Waals surface area contributed by atoms with Crippen molar-refractivity contribution in [2.45, 2.75) is 39.8 Å².